The van der Waals surface area contributed by atoms with Gasteiger partial charge in [0.1, 0.15) is 5.75 Å². The number of benzene rings is 1. The Morgan fingerprint density at radius 1 is 1.14 bits per heavy atom. The number of carbonyl (C=O) groups excluding carboxylic acids is 1. The molecule has 1 aliphatic rings. The van der Waals surface area contributed by atoms with Gasteiger partial charge in [-0.05, 0) is 6.07 Å². The molecule has 2 rings (SSSR count). The molecule has 0 radical (unpaired) electrons. The number of hydrogen-bond donors (Lipinski definition) is 0. The van der Waals surface area contributed by atoms with Gasteiger partial charge in [0.05, 0.1) is 20.1 Å². The Kier molecular flexibility index (Phi) is 6.02. The number of piperazine rings is 1. The first kappa shape index (κ1) is 15.8. The van der Waals surface area contributed by atoms with E-state index in [0.29, 0.717) is 13.0 Å². The number of para-hydroxylation sites is 1. The summed E-state index contributed by atoms with van der Waals surface area (Å²) in [6.45, 7) is 4.74. The second-order valence-electron chi connectivity index (χ2n) is 5.21. The van der Waals surface area contributed by atoms with Gasteiger partial charge in [-0.25, -0.2) is 0 Å². The summed E-state index contributed by atoms with van der Waals surface area (Å²) in [7, 11) is 3.32. The average molecular weight is 292 g/mol. The monoisotopic (exact) mass is 292 g/mol. The molecular formula is C16H24N2O3. The molecule has 1 aromatic carbocycles. The maximum absolute atomic E-state index is 11.9. The van der Waals surface area contributed by atoms with Gasteiger partial charge in [-0.3, -0.25) is 9.69 Å². The summed E-state index contributed by atoms with van der Waals surface area (Å²) >= 11 is 0. The molecule has 1 fully saturated rings. The molecule has 1 saturated heterocycles. The third-order valence-corrected chi connectivity index (χ3v) is 3.83. The van der Waals surface area contributed by atoms with Crippen LogP contribution in [0.25, 0.3) is 0 Å². The van der Waals surface area contributed by atoms with Crippen LogP contribution in [0.15, 0.2) is 24.3 Å². The van der Waals surface area contributed by atoms with Crippen LogP contribution in [0.4, 0.5) is 0 Å². The van der Waals surface area contributed by atoms with E-state index in [4.69, 9.17) is 9.47 Å². The first-order valence-corrected chi connectivity index (χ1v) is 7.35. The summed E-state index contributed by atoms with van der Waals surface area (Å²) in [6.07, 6.45) is 0.475. The Morgan fingerprint density at radius 3 is 2.52 bits per heavy atom. The number of amides is 1. The van der Waals surface area contributed by atoms with E-state index in [1.165, 1.54) is 5.56 Å². The van der Waals surface area contributed by atoms with Gasteiger partial charge in [0, 0.05) is 45.4 Å². The molecule has 5 heteroatoms. The van der Waals surface area contributed by atoms with Crippen molar-refractivity contribution in [2.24, 2.45) is 0 Å². The SMILES string of the molecule is COCCC(=O)N1CCN(Cc2ccccc2OC)CC1. The number of methoxy groups -OCH3 is 2. The summed E-state index contributed by atoms with van der Waals surface area (Å²) in [6, 6.07) is 8.09. The van der Waals surface area contributed by atoms with Crippen LogP contribution in [-0.2, 0) is 16.1 Å². The van der Waals surface area contributed by atoms with Crippen molar-refractivity contribution in [3.63, 3.8) is 0 Å². The molecule has 1 amide bonds. The third-order valence-electron chi connectivity index (χ3n) is 3.83. The van der Waals surface area contributed by atoms with Gasteiger partial charge >= 0.3 is 0 Å². The maximum Gasteiger partial charge on any atom is 0.224 e. The van der Waals surface area contributed by atoms with Crippen LogP contribution < -0.4 is 4.74 Å². The van der Waals surface area contributed by atoms with Crippen molar-refractivity contribution in [3.05, 3.63) is 29.8 Å². The largest absolute Gasteiger partial charge is 0.496 e. The number of hydrogen-bond acceptors (Lipinski definition) is 4. The van der Waals surface area contributed by atoms with Crippen molar-refractivity contribution in [1.82, 2.24) is 9.80 Å². The number of carbonyl (C=O) groups is 1. The molecule has 1 aromatic rings. The number of nitrogens with zero attached hydrogens (tertiary/aromatic N) is 2. The first-order valence-electron chi connectivity index (χ1n) is 7.35. The van der Waals surface area contributed by atoms with E-state index in [-0.39, 0.29) is 5.91 Å². The van der Waals surface area contributed by atoms with Crippen LogP contribution in [0.5, 0.6) is 5.75 Å². The molecule has 0 aromatic heterocycles. The van der Waals surface area contributed by atoms with Crippen molar-refractivity contribution in [2.45, 2.75) is 13.0 Å². The zero-order valence-electron chi connectivity index (χ0n) is 12.9. The second-order valence-corrected chi connectivity index (χ2v) is 5.21. The fourth-order valence-electron chi connectivity index (χ4n) is 2.58. The molecule has 1 heterocycles. The minimum absolute atomic E-state index is 0.189. The van der Waals surface area contributed by atoms with Gasteiger partial charge in [0.25, 0.3) is 0 Å². The maximum atomic E-state index is 11.9. The molecule has 0 N–H and O–H groups in total. The quantitative estimate of drug-likeness (QED) is 0.794. The standard InChI is InChI=1S/C16H24N2O3/c1-20-12-7-16(19)18-10-8-17(9-11-18)13-14-5-3-4-6-15(14)21-2/h3-6H,7-13H2,1-2H3. The minimum Gasteiger partial charge on any atom is -0.496 e. The lowest BCUT2D eigenvalue weighted by atomic mass is 10.1. The molecule has 1 aliphatic heterocycles. The van der Waals surface area contributed by atoms with Crippen LogP contribution in [0, 0.1) is 0 Å². The van der Waals surface area contributed by atoms with Crippen molar-refractivity contribution < 1.29 is 14.3 Å². The van der Waals surface area contributed by atoms with E-state index < -0.39 is 0 Å². The van der Waals surface area contributed by atoms with E-state index in [1.54, 1.807) is 14.2 Å². The van der Waals surface area contributed by atoms with Crippen molar-refractivity contribution in [3.8, 4) is 5.75 Å². The van der Waals surface area contributed by atoms with Gasteiger partial charge in [0.2, 0.25) is 5.91 Å². The molecule has 116 valence electrons. The molecule has 0 spiro atoms. The van der Waals surface area contributed by atoms with Crippen LogP contribution in [0.2, 0.25) is 0 Å². The Balaban J connectivity index is 1.82. The van der Waals surface area contributed by atoms with E-state index >= 15 is 0 Å². The Hall–Kier alpha value is -1.59. The van der Waals surface area contributed by atoms with Crippen molar-refractivity contribution in [1.29, 1.82) is 0 Å². The highest BCUT2D eigenvalue weighted by Crippen LogP contribution is 2.20. The highest BCUT2D eigenvalue weighted by Gasteiger charge is 2.21. The number of rotatable bonds is 6. The second kappa shape index (κ2) is 8.00. The van der Waals surface area contributed by atoms with Crippen LogP contribution in [-0.4, -0.2) is 62.7 Å². The molecule has 0 saturated carbocycles. The topological polar surface area (TPSA) is 42.0 Å². The van der Waals surface area contributed by atoms with Crippen LogP contribution >= 0.6 is 0 Å². The Bertz CT molecular complexity index is 457. The minimum atomic E-state index is 0.189. The van der Waals surface area contributed by atoms with Crippen molar-refractivity contribution >= 4 is 5.91 Å². The third kappa shape index (κ3) is 4.44. The molecule has 5 nitrogen and oxygen atoms in total. The fraction of sp³-hybridized carbons (Fsp3) is 0.562. The van der Waals surface area contributed by atoms with Gasteiger partial charge in [0.15, 0.2) is 0 Å². The predicted molar refractivity (Wildman–Crippen MR) is 81.3 cm³/mol. The van der Waals surface area contributed by atoms with Crippen molar-refractivity contribution in [2.75, 3.05) is 47.0 Å². The van der Waals surface area contributed by atoms with E-state index in [0.717, 1.165) is 38.5 Å². The molecule has 0 unspecified atom stereocenters. The highest BCUT2D eigenvalue weighted by atomic mass is 16.5. The van der Waals surface area contributed by atoms with E-state index in [9.17, 15) is 4.79 Å². The lowest BCUT2D eigenvalue weighted by molar-refractivity contribution is -0.133. The summed E-state index contributed by atoms with van der Waals surface area (Å²) in [5.74, 6) is 1.12. The van der Waals surface area contributed by atoms with Gasteiger partial charge < -0.3 is 14.4 Å². The first-order chi connectivity index (χ1) is 10.2. The average Bonchev–Trinajstić information content (AvgIpc) is 2.54. The van der Waals surface area contributed by atoms with Crippen LogP contribution in [0.1, 0.15) is 12.0 Å². The highest BCUT2D eigenvalue weighted by molar-refractivity contribution is 5.76. The smallest absolute Gasteiger partial charge is 0.224 e. The van der Waals surface area contributed by atoms with E-state index in [1.807, 2.05) is 23.1 Å². The molecule has 0 aliphatic carbocycles. The fourth-order valence-corrected chi connectivity index (χ4v) is 2.58. The van der Waals surface area contributed by atoms with Crippen LogP contribution in [0.3, 0.4) is 0 Å². The van der Waals surface area contributed by atoms with Gasteiger partial charge in [-0.1, -0.05) is 18.2 Å². The van der Waals surface area contributed by atoms with E-state index in [2.05, 4.69) is 11.0 Å². The zero-order valence-corrected chi connectivity index (χ0v) is 12.9. The zero-order chi connectivity index (χ0) is 15.1. The van der Waals surface area contributed by atoms with Gasteiger partial charge in [-0.15, -0.1) is 0 Å². The normalized spacial score (nSPS) is 16.0. The Labute approximate surface area is 126 Å². The molecule has 0 bridgehead atoms. The summed E-state index contributed by atoms with van der Waals surface area (Å²) in [5.41, 5.74) is 1.19. The lowest BCUT2D eigenvalue weighted by Gasteiger charge is -2.35. The molecule has 0 atom stereocenters. The lowest BCUT2D eigenvalue weighted by Crippen LogP contribution is -2.48. The Morgan fingerprint density at radius 2 is 1.86 bits per heavy atom. The van der Waals surface area contributed by atoms with Gasteiger partial charge in [-0.2, -0.15) is 0 Å². The summed E-state index contributed by atoms with van der Waals surface area (Å²) in [4.78, 5) is 16.2. The molecule has 21 heavy (non-hydrogen) atoms. The predicted octanol–water partition coefficient (Wildman–Crippen LogP) is 1.38. The molecular weight excluding hydrogens is 268 g/mol. The summed E-state index contributed by atoms with van der Waals surface area (Å²) in [5, 5.41) is 0. The summed E-state index contributed by atoms with van der Waals surface area (Å²) < 4.78 is 10.3. The number of ether oxygens (including phenoxy) is 2.